The largest absolute Gasteiger partial charge is 0.369 e. The predicted molar refractivity (Wildman–Crippen MR) is 117 cm³/mol. The number of benzene rings is 2. The molecule has 2 aliphatic rings. The third-order valence-corrected chi connectivity index (χ3v) is 5.82. The molecule has 29 heavy (non-hydrogen) atoms. The second kappa shape index (κ2) is 7.59. The molecule has 2 aliphatic heterocycles. The minimum absolute atomic E-state index is 0.0171. The van der Waals surface area contributed by atoms with Gasteiger partial charge in [0.05, 0.1) is 5.56 Å². The van der Waals surface area contributed by atoms with Crippen molar-refractivity contribution in [1.82, 2.24) is 4.98 Å². The molecular weight excluding hydrogens is 360 g/mol. The summed E-state index contributed by atoms with van der Waals surface area (Å²) in [5.41, 5.74) is 4.13. The first-order valence-electron chi connectivity index (χ1n) is 10.2. The topological polar surface area (TPSA) is 48.5 Å². The van der Waals surface area contributed by atoms with E-state index in [1.807, 2.05) is 41.3 Å². The van der Waals surface area contributed by atoms with Crippen molar-refractivity contribution in [1.29, 1.82) is 0 Å². The highest BCUT2D eigenvalue weighted by Crippen LogP contribution is 2.30. The number of fused-ring (bicyclic) bond motifs is 1. The van der Waals surface area contributed by atoms with Crippen molar-refractivity contribution < 1.29 is 4.79 Å². The van der Waals surface area contributed by atoms with Crippen LogP contribution in [0.15, 0.2) is 72.9 Å². The molecule has 0 radical (unpaired) electrons. The van der Waals surface area contributed by atoms with Gasteiger partial charge in [0.2, 0.25) is 0 Å². The SMILES string of the molecule is O=C(c1cccnc1NC1CCN(c2ccccc2)C1)N1CCc2ccccc21. The number of para-hydroxylation sites is 2. The van der Waals surface area contributed by atoms with Crippen molar-refractivity contribution >= 4 is 23.1 Å². The molecule has 0 spiro atoms. The number of hydrogen-bond donors (Lipinski definition) is 1. The number of carbonyl (C=O) groups is 1. The minimum Gasteiger partial charge on any atom is -0.369 e. The smallest absolute Gasteiger partial charge is 0.262 e. The van der Waals surface area contributed by atoms with Crippen LogP contribution in [-0.4, -0.2) is 36.6 Å². The zero-order chi connectivity index (χ0) is 19.6. The Morgan fingerprint density at radius 3 is 2.69 bits per heavy atom. The molecule has 1 aromatic heterocycles. The molecule has 1 N–H and O–H groups in total. The molecule has 1 saturated heterocycles. The highest BCUT2D eigenvalue weighted by Gasteiger charge is 2.29. The lowest BCUT2D eigenvalue weighted by atomic mass is 10.1. The van der Waals surface area contributed by atoms with Gasteiger partial charge < -0.3 is 15.1 Å². The molecule has 0 saturated carbocycles. The van der Waals surface area contributed by atoms with Gasteiger partial charge >= 0.3 is 0 Å². The summed E-state index contributed by atoms with van der Waals surface area (Å²) in [5, 5.41) is 3.54. The average molecular weight is 384 g/mol. The van der Waals surface area contributed by atoms with Crippen LogP contribution in [0.2, 0.25) is 0 Å². The van der Waals surface area contributed by atoms with Crippen LogP contribution in [0.5, 0.6) is 0 Å². The fraction of sp³-hybridized carbons (Fsp3) is 0.250. The molecular formula is C24H24N4O. The van der Waals surface area contributed by atoms with Gasteiger partial charge in [-0.05, 0) is 48.7 Å². The number of nitrogens with one attached hydrogen (secondary N) is 1. The number of pyridine rings is 1. The van der Waals surface area contributed by atoms with E-state index in [9.17, 15) is 4.79 Å². The fourth-order valence-electron chi connectivity index (χ4n) is 4.33. The lowest BCUT2D eigenvalue weighted by Gasteiger charge is -2.22. The van der Waals surface area contributed by atoms with Crippen LogP contribution >= 0.6 is 0 Å². The second-order valence-electron chi connectivity index (χ2n) is 7.65. The summed E-state index contributed by atoms with van der Waals surface area (Å²) in [4.78, 5) is 22.1. The molecule has 0 aliphatic carbocycles. The van der Waals surface area contributed by atoms with E-state index >= 15 is 0 Å². The first-order chi connectivity index (χ1) is 14.3. The summed E-state index contributed by atoms with van der Waals surface area (Å²) < 4.78 is 0. The predicted octanol–water partition coefficient (Wildman–Crippen LogP) is 3.98. The van der Waals surface area contributed by atoms with Crippen molar-refractivity contribution in [2.24, 2.45) is 0 Å². The number of aromatic nitrogens is 1. The van der Waals surface area contributed by atoms with Crippen molar-refractivity contribution in [2.75, 3.05) is 34.8 Å². The van der Waals surface area contributed by atoms with Crippen LogP contribution in [0.4, 0.5) is 17.2 Å². The molecule has 0 bridgehead atoms. The molecule has 1 fully saturated rings. The Bertz CT molecular complexity index is 1020. The zero-order valence-electron chi connectivity index (χ0n) is 16.3. The molecule has 5 heteroatoms. The quantitative estimate of drug-likeness (QED) is 0.739. The Morgan fingerprint density at radius 1 is 0.966 bits per heavy atom. The van der Waals surface area contributed by atoms with Gasteiger partial charge in [0.1, 0.15) is 5.82 Å². The molecule has 146 valence electrons. The standard InChI is InChI=1S/C24H24N4O/c29-24(28-16-12-18-7-4-5-11-22(18)28)21-10-6-14-25-23(21)26-19-13-15-27(17-19)20-8-2-1-3-9-20/h1-11,14,19H,12-13,15-17H2,(H,25,26). The lowest BCUT2D eigenvalue weighted by Crippen LogP contribution is -2.31. The van der Waals surface area contributed by atoms with Crippen molar-refractivity contribution in [3.63, 3.8) is 0 Å². The van der Waals surface area contributed by atoms with Gasteiger partial charge in [-0.25, -0.2) is 4.98 Å². The maximum Gasteiger partial charge on any atom is 0.262 e. The molecule has 5 rings (SSSR count). The maximum absolute atomic E-state index is 13.3. The number of nitrogens with zero attached hydrogens (tertiary/aromatic N) is 3. The molecule has 5 nitrogen and oxygen atoms in total. The van der Waals surface area contributed by atoms with E-state index in [0.29, 0.717) is 11.4 Å². The van der Waals surface area contributed by atoms with Gasteiger partial charge in [0, 0.05) is 43.2 Å². The van der Waals surface area contributed by atoms with Crippen LogP contribution in [0.1, 0.15) is 22.3 Å². The summed E-state index contributed by atoms with van der Waals surface area (Å²) in [6.07, 6.45) is 3.67. The van der Waals surface area contributed by atoms with Gasteiger partial charge in [-0.15, -0.1) is 0 Å². The van der Waals surface area contributed by atoms with E-state index < -0.39 is 0 Å². The first-order valence-corrected chi connectivity index (χ1v) is 10.2. The van der Waals surface area contributed by atoms with Crippen LogP contribution < -0.4 is 15.1 Å². The minimum atomic E-state index is 0.0171. The Kier molecular flexibility index (Phi) is 4.64. The molecule has 2 aromatic carbocycles. The van der Waals surface area contributed by atoms with E-state index in [2.05, 4.69) is 45.5 Å². The van der Waals surface area contributed by atoms with Crippen LogP contribution in [0.3, 0.4) is 0 Å². The van der Waals surface area contributed by atoms with E-state index in [1.54, 1.807) is 6.20 Å². The molecule has 3 aromatic rings. The highest BCUT2D eigenvalue weighted by molar-refractivity contribution is 6.10. The van der Waals surface area contributed by atoms with Gasteiger partial charge in [-0.2, -0.15) is 0 Å². The average Bonchev–Trinajstić information content (AvgIpc) is 3.41. The third kappa shape index (κ3) is 3.44. The first kappa shape index (κ1) is 17.7. The molecule has 1 unspecified atom stereocenters. The van der Waals surface area contributed by atoms with Gasteiger partial charge in [0.15, 0.2) is 0 Å². The van der Waals surface area contributed by atoms with E-state index in [0.717, 1.165) is 38.2 Å². The summed E-state index contributed by atoms with van der Waals surface area (Å²) in [6, 6.07) is 22.6. The number of hydrogen-bond acceptors (Lipinski definition) is 4. The molecule has 1 amide bonds. The van der Waals surface area contributed by atoms with Crippen LogP contribution in [0.25, 0.3) is 0 Å². The Balaban J connectivity index is 1.34. The summed E-state index contributed by atoms with van der Waals surface area (Å²) >= 11 is 0. The Labute approximate surface area is 171 Å². The van der Waals surface area contributed by atoms with E-state index in [-0.39, 0.29) is 11.9 Å². The van der Waals surface area contributed by atoms with Crippen LogP contribution in [-0.2, 0) is 6.42 Å². The van der Waals surface area contributed by atoms with Gasteiger partial charge in [-0.3, -0.25) is 4.79 Å². The fourth-order valence-corrected chi connectivity index (χ4v) is 4.33. The van der Waals surface area contributed by atoms with Crippen molar-refractivity contribution in [3.05, 3.63) is 84.1 Å². The Hall–Kier alpha value is -3.34. The monoisotopic (exact) mass is 384 g/mol. The summed E-state index contributed by atoms with van der Waals surface area (Å²) in [6.45, 7) is 2.62. The highest BCUT2D eigenvalue weighted by atomic mass is 16.2. The summed E-state index contributed by atoms with van der Waals surface area (Å²) in [7, 11) is 0. The van der Waals surface area contributed by atoms with Gasteiger partial charge in [-0.1, -0.05) is 36.4 Å². The van der Waals surface area contributed by atoms with E-state index in [1.165, 1.54) is 11.3 Å². The lowest BCUT2D eigenvalue weighted by molar-refractivity contribution is 0.0990. The molecule has 3 heterocycles. The van der Waals surface area contributed by atoms with E-state index in [4.69, 9.17) is 0 Å². The number of amides is 1. The van der Waals surface area contributed by atoms with Crippen molar-refractivity contribution in [3.8, 4) is 0 Å². The number of rotatable bonds is 4. The second-order valence-corrected chi connectivity index (χ2v) is 7.65. The Morgan fingerprint density at radius 2 is 1.79 bits per heavy atom. The number of carbonyl (C=O) groups excluding carboxylic acids is 1. The van der Waals surface area contributed by atoms with Crippen molar-refractivity contribution in [2.45, 2.75) is 18.9 Å². The summed E-state index contributed by atoms with van der Waals surface area (Å²) in [5.74, 6) is 0.699. The maximum atomic E-state index is 13.3. The zero-order valence-corrected chi connectivity index (χ0v) is 16.3. The number of anilines is 3. The molecule has 1 atom stereocenters. The van der Waals surface area contributed by atoms with Crippen LogP contribution in [0, 0.1) is 0 Å². The third-order valence-electron chi connectivity index (χ3n) is 5.82. The van der Waals surface area contributed by atoms with Gasteiger partial charge in [0.25, 0.3) is 5.91 Å². The normalized spacial score (nSPS) is 18.0.